The van der Waals surface area contributed by atoms with Crippen molar-refractivity contribution in [2.75, 3.05) is 0 Å². The molecule has 0 rings (SSSR count). The van der Waals surface area contributed by atoms with Crippen molar-refractivity contribution in [1.29, 1.82) is 0 Å². The maximum Gasteiger partial charge on any atom is 0.327 e. The van der Waals surface area contributed by atoms with Gasteiger partial charge in [-0.3, -0.25) is 0 Å². The van der Waals surface area contributed by atoms with E-state index < -0.39 is 36.7 Å². The summed E-state index contributed by atoms with van der Waals surface area (Å²) in [5.74, 6) is -1.59. The Labute approximate surface area is 140 Å². The molecule has 2 atom stereocenters. The van der Waals surface area contributed by atoms with Gasteiger partial charge in [-0.05, 0) is 25.6 Å². The van der Waals surface area contributed by atoms with Gasteiger partial charge in [0.15, 0.2) is 0 Å². The van der Waals surface area contributed by atoms with Gasteiger partial charge >= 0.3 is 5.97 Å². The Morgan fingerprint density at radius 2 is 1.50 bits per heavy atom. The second-order valence-corrected chi connectivity index (χ2v) is 5.67. The Balaban J connectivity index is 3.91. The fourth-order valence-corrected chi connectivity index (χ4v) is 2.25. The molecule has 3 N–H and O–H groups in total. The van der Waals surface area contributed by atoms with Crippen LogP contribution in [0.15, 0.2) is 12.1 Å². The van der Waals surface area contributed by atoms with E-state index in [9.17, 15) is 15.0 Å². The topological polar surface area (TPSA) is 77.8 Å². The number of carboxylic acid groups (broad SMARTS) is 1. The van der Waals surface area contributed by atoms with Crippen LogP contribution >= 0.6 is 0 Å². The Hall–Kier alpha value is -0.870. The lowest BCUT2D eigenvalue weighted by Gasteiger charge is -2.17. The molecule has 0 heterocycles. The molecule has 4 nitrogen and oxygen atoms in total. The minimum absolute atomic E-state index is 0.0141. The summed E-state index contributed by atoms with van der Waals surface area (Å²) < 4.78 is 30.1. The zero-order valence-electron chi connectivity index (χ0n) is 17.7. The Bertz CT molecular complexity index is 441. The third-order valence-electron chi connectivity index (χ3n) is 3.61. The van der Waals surface area contributed by atoms with Gasteiger partial charge in [0.2, 0.25) is 0 Å². The van der Waals surface area contributed by atoms with Crippen molar-refractivity contribution in [2.45, 2.75) is 96.1 Å². The second-order valence-electron chi connectivity index (χ2n) is 5.67. The number of aliphatic carboxylic acids is 1. The lowest BCUT2D eigenvalue weighted by atomic mass is 10.0. The van der Waals surface area contributed by atoms with E-state index in [1.54, 1.807) is 0 Å². The van der Waals surface area contributed by atoms with Crippen LogP contribution in [0.2, 0.25) is 0 Å². The standard InChI is InChI=1S/C18H34O4/c1-2-3-10-13-16(19)17(20)14-11-8-6-4-5-7-9-12-15-18(21)22/h12,15-17,19-20H,2-11,13-14H2,1H3,(H,21,22)/i9D2,12D,15D. The summed E-state index contributed by atoms with van der Waals surface area (Å²) in [6.45, 7) is 2.09. The number of rotatable bonds is 15. The summed E-state index contributed by atoms with van der Waals surface area (Å²) in [7, 11) is 0. The monoisotopic (exact) mass is 318 g/mol. The third-order valence-corrected chi connectivity index (χ3v) is 3.61. The molecule has 0 saturated carbocycles. The highest BCUT2D eigenvalue weighted by Gasteiger charge is 2.14. The predicted molar refractivity (Wildman–Crippen MR) is 89.9 cm³/mol. The van der Waals surface area contributed by atoms with Gasteiger partial charge in [0, 0.05) is 8.79 Å². The number of allylic oxidation sites excluding steroid dienone is 1. The van der Waals surface area contributed by atoms with Gasteiger partial charge in [0.05, 0.1) is 14.9 Å². The molecule has 2 unspecified atom stereocenters. The number of carbonyl (C=O) groups is 1. The summed E-state index contributed by atoms with van der Waals surface area (Å²) in [6, 6.07) is -1.79. The van der Waals surface area contributed by atoms with E-state index in [2.05, 4.69) is 6.92 Å². The lowest BCUT2D eigenvalue weighted by Crippen LogP contribution is -2.25. The molecule has 0 aromatic carbocycles. The van der Waals surface area contributed by atoms with E-state index in [1.807, 2.05) is 0 Å². The number of unbranched alkanes of at least 4 members (excludes halogenated alkanes) is 6. The van der Waals surface area contributed by atoms with Crippen LogP contribution in [0.3, 0.4) is 0 Å². The first kappa shape index (κ1) is 14.7. The molecule has 0 aromatic rings. The molecule has 0 fully saturated rings. The van der Waals surface area contributed by atoms with Crippen molar-refractivity contribution in [1.82, 2.24) is 0 Å². The Morgan fingerprint density at radius 1 is 1.00 bits per heavy atom. The van der Waals surface area contributed by atoms with Crippen molar-refractivity contribution in [2.24, 2.45) is 0 Å². The molecule has 0 radical (unpaired) electrons. The van der Waals surface area contributed by atoms with Gasteiger partial charge < -0.3 is 15.3 Å². The van der Waals surface area contributed by atoms with Crippen LogP contribution < -0.4 is 0 Å². The first-order valence-corrected chi connectivity index (χ1v) is 8.40. The number of hydrogen-bond donors (Lipinski definition) is 3. The van der Waals surface area contributed by atoms with Crippen LogP contribution in [0.5, 0.6) is 0 Å². The predicted octanol–water partition coefficient (Wildman–Crippen LogP) is 4.05. The SMILES string of the molecule is [2H]C(C(=O)O)=C([2H])C([2H])([2H])CCCCCCCC(O)C(O)CCCCC. The molecule has 0 aromatic heterocycles. The number of hydrogen-bond acceptors (Lipinski definition) is 3. The molecule has 0 aliphatic carbocycles. The first-order valence-electron chi connectivity index (χ1n) is 10.4. The lowest BCUT2D eigenvalue weighted by molar-refractivity contribution is -0.131. The van der Waals surface area contributed by atoms with Crippen LogP contribution in [0.1, 0.15) is 89.4 Å². The van der Waals surface area contributed by atoms with E-state index in [4.69, 9.17) is 10.6 Å². The van der Waals surface area contributed by atoms with Crippen molar-refractivity contribution in [3.05, 3.63) is 12.1 Å². The van der Waals surface area contributed by atoms with Crippen molar-refractivity contribution < 1.29 is 25.6 Å². The number of aliphatic hydroxyl groups is 2. The smallest absolute Gasteiger partial charge is 0.327 e. The van der Waals surface area contributed by atoms with E-state index in [-0.39, 0.29) is 6.42 Å². The molecule has 130 valence electrons. The average molecular weight is 318 g/mol. The van der Waals surface area contributed by atoms with Crippen molar-refractivity contribution >= 4 is 5.97 Å². The van der Waals surface area contributed by atoms with Gasteiger partial charge in [-0.1, -0.05) is 64.3 Å². The summed E-state index contributed by atoms with van der Waals surface area (Å²) in [6.07, 6.45) is 4.54. The van der Waals surface area contributed by atoms with E-state index in [1.165, 1.54) is 0 Å². The van der Waals surface area contributed by atoms with Crippen molar-refractivity contribution in [3.8, 4) is 0 Å². The average Bonchev–Trinajstić information content (AvgIpc) is 2.59. The summed E-state index contributed by atoms with van der Waals surface area (Å²) in [5.41, 5.74) is 0. The third kappa shape index (κ3) is 14.1. The molecular formula is C18H34O4. The van der Waals surface area contributed by atoms with Crippen LogP contribution in [-0.2, 0) is 4.79 Å². The molecule has 0 amide bonds. The fraction of sp³-hybridized carbons (Fsp3) is 0.833. The van der Waals surface area contributed by atoms with Gasteiger partial charge in [-0.2, -0.15) is 0 Å². The van der Waals surface area contributed by atoms with Crippen LogP contribution in [-0.4, -0.2) is 33.5 Å². The maximum absolute atomic E-state index is 10.6. The van der Waals surface area contributed by atoms with E-state index in [0.717, 1.165) is 44.9 Å². The van der Waals surface area contributed by atoms with E-state index in [0.29, 0.717) is 19.3 Å². The normalized spacial score (nSPS) is 18.5. The van der Waals surface area contributed by atoms with Gasteiger partial charge in [0.1, 0.15) is 0 Å². The summed E-state index contributed by atoms with van der Waals surface area (Å²) in [4.78, 5) is 10.6. The molecular weight excluding hydrogens is 280 g/mol. The van der Waals surface area contributed by atoms with E-state index >= 15 is 0 Å². The molecule has 22 heavy (non-hydrogen) atoms. The molecule has 0 bridgehead atoms. The summed E-state index contributed by atoms with van der Waals surface area (Å²) in [5, 5.41) is 28.4. The van der Waals surface area contributed by atoms with Gasteiger partial charge in [-0.15, -0.1) is 0 Å². The maximum atomic E-state index is 10.6. The first-order chi connectivity index (χ1) is 12.1. The number of carboxylic acids is 1. The van der Waals surface area contributed by atoms with Gasteiger partial charge in [-0.25, -0.2) is 4.79 Å². The van der Waals surface area contributed by atoms with Crippen LogP contribution in [0.4, 0.5) is 0 Å². The minimum atomic E-state index is -2.10. The molecule has 4 heteroatoms. The molecule has 0 aliphatic heterocycles. The highest BCUT2D eigenvalue weighted by Crippen LogP contribution is 2.14. The highest BCUT2D eigenvalue weighted by molar-refractivity contribution is 5.79. The van der Waals surface area contributed by atoms with Crippen molar-refractivity contribution in [3.63, 3.8) is 0 Å². The second kappa shape index (κ2) is 15.0. The zero-order valence-corrected chi connectivity index (χ0v) is 13.7. The quantitative estimate of drug-likeness (QED) is 0.314. The van der Waals surface area contributed by atoms with Gasteiger partial charge in [0.25, 0.3) is 0 Å². The zero-order chi connectivity index (χ0) is 20.2. The minimum Gasteiger partial charge on any atom is -0.478 e. The largest absolute Gasteiger partial charge is 0.478 e. The van der Waals surface area contributed by atoms with Crippen LogP contribution in [0, 0.1) is 0 Å². The summed E-state index contributed by atoms with van der Waals surface area (Å²) >= 11 is 0. The number of aliphatic hydroxyl groups excluding tert-OH is 2. The molecule has 0 spiro atoms. The highest BCUT2D eigenvalue weighted by atomic mass is 16.4. The fourth-order valence-electron chi connectivity index (χ4n) is 2.25. The molecule has 0 saturated heterocycles. The Kier molecular flexibility index (Phi) is 10.1. The van der Waals surface area contributed by atoms with Crippen LogP contribution in [0.25, 0.3) is 0 Å². The molecule has 0 aliphatic rings. The Morgan fingerprint density at radius 3 is 2.05 bits per heavy atom.